The van der Waals surface area contributed by atoms with Crippen molar-refractivity contribution in [2.45, 2.75) is 224 Å². The van der Waals surface area contributed by atoms with E-state index in [1.807, 2.05) is 0 Å². The fourth-order valence-electron chi connectivity index (χ4n) is 6.88. The SMILES string of the molecule is CCCCCC/C=C\C/C=C\CCCCCCCCOCC(COC1OC(CO)C(O)C(OS(=O)(=O)O)C1O)OC(=O)CCCCCCCCCCCCCCC. The summed E-state index contributed by atoms with van der Waals surface area (Å²) < 4.78 is 59.0. The molecule has 0 amide bonds. The second-order valence-corrected chi connectivity index (χ2v) is 16.7. The van der Waals surface area contributed by atoms with Gasteiger partial charge in [0, 0.05) is 13.0 Å². The third-order valence-electron chi connectivity index (χ3n) is 10.3. The van der Waals surface area contributed by atoms with Crippen LogP contribution in [0.2, 0.25) is 0 Å². The smallest absolute Gasteiger partial charge is 0.397 e. The maximum Gasteiger partial charge on any atom is 0.397 e. The number of carbonyl (C=O) groups excluding carboxylic acids is 1. The predicted molar refractivity (Wildman–Crippen MR) is 225 cm³/mol. The lowest BCUT2D eigenvalue weighted by molar-refractivity contribution is -0.301. The first kappa shape index (κ1) is 53.6. The number of esters is 1. The van der Waals surface area contributed by atoms with Crippen molar-refractivity contribution in [3.05, 3.63) is 24.3 Å². The van der Waals surface area contributed by atoms with E-state index in [0.717, 1.165) is 57.8 Å². The van der Waals surface area contributed by atoms with Crippen molar-refractivity contribution in [2.75, 3.05) is 26.4 Å². The van der Waals surface area contributed by atoms with Crippen LogP contribution >= 0.6 is 0 Å². The molecule has 6 atom stereocenters. The number of hydrogen-bond acceptors (Lipinski definition) is 11. The highest BCUT2D eigenvalue weighted by Crippen LogP contribution is 2.26. The van der Waals surface area contributed by atoms with Gasteiger partial charge in [-0.2, -0.15) is 8.42 Å². The van der Waals surface area contributed by atoms with Gasteiger partial charge in [0.05, 0.1) is 19.8 Å². The quantitative estimate of drug-likeness (QED) is 0.0200. The van der Waals surface area contributed by atoms with Gasteiger partial charge < -0.3 is 34.3 Å². The summed E-state index contributed by atoms with van der Waals surface area (Å²) in [5.74, 6) is -0.402. The van der Waals surface area contributed by atoms with Gasteiger partial charge in [0.1, 0.15) is 30.5 Å². The molecule has 12 nitrogen and oxygen atoms in total. The molecule has 1 aliphatic heterocycles. The van der Waals surface area contributed by atoms with Crippen LogP contribution in [0.4, 0.5) is 0 Å². The van der Waals surface area contributed by atoms with Gasteiger partial charge in [0.25, 0.3) is 0 Å². The Kier molecular flexibility index (Phi) is 34.3. The number of allylic oxidation sites excluding steroid dienone is 4. The van der Waals surface area contributed by atoms with E-state index in [1.54, 1.807) is 0 Å². The second kappa shape index (κ2) is 36.4. The van der Waals surface area contributed by atoms with Crippen molar-refractivity contribution in [1.29, 1.82) is 0 Å². The van der Waals surface area contributed by atoms with E-state index in [2.05, 4.69) is 42.3 Å². The highest BCUT2D eigenvalue weighted by atomic mass is 32.3. The van der Waals surface area contributed by atoms with E-state index in [0.29, 0.717) is 13.0 Å². The van der Waals surface area contributed by atoms with E-state index in [1.165, 1.54) is 103 Å². The zero-order valence-corrected chi connectivity index (χ0v) is 36.5. The van der Waals surface area contributed by atoms with E-state index >= 15 is 0 Å². The van der Waals surface area contributed by atoms with E-state index in [4.69, 9.17) is 23.5 Å². The molecular weight excluding hydrogens is 753 g/mol. The van der Waals surface area contributed by atoms with Crippen LogP contribution in [0, 0.1) is 0 Å². The number of aliphatic hydroxyl groups is 3. The van der Waals surface area contributed by atoms with Crippen LogP contribution in [-0.2, 0) is 38.3 Å². The van der Waals surface area contributed by atoms with Crippen molar-refractivity contribution >= 4 is 16.4 Å². The molecule has 0 saturated carbocycles. The van der Waals surface area contributed by atoms with Gasteiger partial charge >= 0.3 is 16.4 Å². The summed E-state index contributed by atoms with van der Waals surface area (Å²) in [6, 6.07) is 0. The molecule has 1 saturated heterocycles. The van der Waals surface area contributed by atoms with Crippen LogP contribution in [0.15, 0.2) is 24.3 Å². The Labute approximate surface area is 346 Å². The van der Waals surface area contributed by atoms with Gasteiger partial charge in [-0.15, -0.1) is 0 Å². The Balaban J connectivity index is 2.43. The third-order valence-corrected chi connectivity index (χ3v) is 10.8. The van der Waals surface area contributed by atoms with E-state index in [9.17, 15) is 28.5 Å². The number of rotatable bonds is 39. The topological polar surface area (TPSA) is 178 Å². The number of unbranched alkanes of at least 4 members (excludes halogenated alkanes) is 22. The van der Waals surface area contributed by atoms with Crippen LogP contribution in [-0.4, -0.2) is 97.5 Å². The molecule has 6 unspecified atom stereocenters. The molecule has 0 aliphatic carbocycles. The van der Waals surface area contributed by atoms with Crippen molar-refractivity contribution in [1.82, 2.24) is 0 Å². The van der Waals surface area contributed by atoms with Crippen LogP contribution in [0.5, 0.6) is 0 Å². The molecule has 1 rings (SSSR count). The van der Waals surface area contributed by atoms with Crippen molar-refractivity contribution < 1.29 is 56.2 Å². The molecule has 0 radical (unpaired) electrons. The number of hydrogen-bond donors (Lipinski definition) is 4. The monoisotopic (exact) mass is 835 g/mol. The molecule has 13 heteroatoms. The van der Waals surface area contributed by atoms with Gasteiger partial charge in [0.15, 0.2) is 6.29 Å². The van der Waals surface area contributed by atoms with E-state index < -0.39 is 59.8 Å². The third kappa shape index (κ3) is 30.3. The molecule has 1 fully saturated rings. The average molecular weight is 835 g/mol. The lowest BCUT2D eigenvalue weighted by atomic mass is 9.99. The summed E-state index contributed by atoms with van der Waals surface area (Å²) in [6.07, 6.45) is 30.6. The van der Waals surface area contributed by atoms with Crippen molar-refractivity contribution in [2.24, 2.45) is 0 Å². The summed E-state index contributed by atoms with van der Waals surface area (Å²) in [7, 11) is -5.06. The second-order valence-electron chi connectivity index (χ2n) is 15.6. The fourth-order valence-corrected chi connectivity index (χ4v) is 7.39. The first-order chi connectivity index (χ1) is 27.6. The van der Waals surface area contributed by atoms with Crippen LogP contribution in [0.25, 0.3) is 0 Å². The predicted octanol–water partition coefficient (Wildman–Crippen LogP) is 9.24. The Bertz CT molecular complexity index is 1100. The molecule has 0 aromatic heterocycles. The Morgan fingerprint density at radius 3 is 1.68 bits per heavy atom. The minimum Gasteiger partial charge on any atom is -0.457 e. The molecule has 0 aromatic carbocycles. The van der Waals surface area contributed by atoms with Gasteiger partial charge in [-0.25, -0.2) is 4.18 Å². The molecule has 336 valence electrons. The standard InChI is InChI=1S/C44H82O12S/c1-3-5-7-9-11-13-15-17-18-19-20-22-24-26-28-30-32-34-52-36-38(37-53-44-42(48)43(56-57(49,50)51)41(47)39(35-45)55-44)54-40(46)33-31-29-27-25-23-21-16-14-12-10-8-6-4-2/h13,15,18-19,38-39,41-45,47-48H,3-12,14,16-17,20-37H2,1-2H3,(H,49,50,51)/b15-13-,19-18-. The Hall–Kier alpha value is -1.42. The summed E-state index contributed by atoms with van der Waals surface area (Å²) >= 11 is 0. The molecule has 1 aliphatic rings. The Morgan fingerprint density at radius 2 is 1.16 bits per heavy atom. The van der Waals surface area contributed by atoms with Crippen LogP contribution < -0.4 is 0 Å². The number of aliphatic hydroxyl groups excluding tert-OH is 3. The maximum absolute atomic E-state index is 12.8. The average Bonchev–Trinajstić information content (AvgIpc) is 3.18. The zero-order chi connectivity index (χ0) is 41.8. The number of carbonyl (C=O) groups is 1. The van der Waals surface area contributed by atoms with Crippen LogP contribution in [0.3, 0.4) is 0 Å². The lowest BCUT2D eigenvalue weighted by Crippen LogP contribution is -2.60. The number of ether oxygens (including phenoxy) is 4. The molecule has 1 heterocycles. The maximum atomic E-state index is 12.8. The normalized spacial score (nSPS) is 20.8. The van der Waals surface area contributed by atoms with Gasteiger partial charge in [0.2, 0.25) is 0 Å². The summed E-state index contributed by atoms with van der Waals surface area (Å²) in [5.41, 5.74) is 0. The van der Waals surface area contributed by atoms with Gasteiger partial charge in [-0.1, -0.05) is 160 Å². The minimum atomic E-state index is -5.06. The molecule has 57 heavy (non-hydrogen) atoms. The lowest BCUT2D eigenvalue weighted by Gasteiger charge is -2.41. The molecule has 0 spiro atoms. The van der Waals surface area contributed by atoms with Crippen molar-refractivity contribution in [3.63, 3.8) is 0 Å². The van der Waals surface area contributed by atoms with Gasteiger partial charge in [-0.3, -0.25) is 9.35 Å². The first-order valence-corrected chi connectivity index (χ1v) is 24.0. The summed E-state index contributed by atoms with van der Waals surface area (Å²) in [6.45, 7) is 3.95. The first-order valence-electron chi connectivity index (χ1n) is 22.6. The largest absolute Gasteiger partial charge is 0.457 e. The van der Waals surface area contributed by atoms with E-state index in [-0.39, 0.29) is 19.6 Å². The van der Waals surface area contributed by atoms with Gasteiger partial charge in [-0.05, 0) is 44.9 Å². The molecule has 0 bridgehead atoms. The highest BCUT2D eigenvalue weighted by molar-refractivity contribution is 7.80. The van der Waals surface area contributed by atoms with Crippen LogP contribution in [0.1, 0.15) is 187 Å². The zero-order valence-electron chi connectivity index (χ0n) is 35.7. The summed E-state index contributed by atoms with van der Waals surface area (Å²) in [4.78, 5) is 12.8. The minimum absolute atomic E-state index is 0.0323. The molecule has 4 N–H and O–H groups in total. The molecule has 0 aromatic rings. The van der Waals surface area contributed by atoms with Crippen molar-refractivity contribution in [3.8, 4) is 0 Å². The Morgan fingerprint density at radius 1 is 0.667 bits per heavy atom. The molecular formula is C44H82O12S. The highest BCUT2D eigenvalue weighted by Gasteiger charge is 2.48. The summed E-state index contributed by atoms with van der Waals surface area (Å²) in [5, 5.41) is 30.6. The fraction of sp³-hybridized carbons (Fsp3) is 0.886.